The van der Waals surface area contributed by atoms with Crippen molar-refractivity contribution in [2.24, 2.45) is 0 Å². The van der Waals surface area contributed by atoms with Gasteiger partial charge < -0.3 is 4.90 Å². The van der Waals surface area contributed by atoms with E-state index in [4.69, 9.17) is 11.6 Å². The van der Waals surface area contributed by atoms with Crippen molar-refractivity contribution in [3.63, 3.8) is 0 Å². The Morgan fingerprint density at radius 3 is 2.53 bits per heavy atom. The predicted molar refractivity (Wildman–Crippen MR) is 118 cm³/mol. The second-order valence-corrected chi connectivity index (χ2v) is 8.55. The van der Waals surface area contributed by atoms with Crippen LogP contribution in [0.3, 0.4) is 0 Å². The zero-order valence-electron chi connectivity index (χ0n) is 17.5. The SMILES string of the molecule is O=C1CCN(N2Cc3cc(CN4CCN(c5cccc(Cl)n5)CC4)ccc3C2=O)C(=O)N1. The molecule has 0 saturated carbocycles. The van der Waals surface area contributed by atoms with Crippen molar-refractivity contribution >= 4 is 35.3 Å². The monoisotopic (exact) mass is 454 g/mol. The molecular formula is C22H23ClN6O3. The predicted octanol–water partition coefficient (Wildman–Crippen LogP) is 1.87. The number of nitrogens with one attached hydrogen (secondary N) is 1. The first kappa shape index (κ1) is 20.7. The van der Waals surface area contributed by atoms with Crippen LogP contribution >= 0.6 is 11.6 Å². The van der Waals surface area contributed by atoms with Crippen LogP contribution in [0, 0.1) is 0 Å². The maximum atomic E-state index is 12.8. The third-order valence-electron chi connectivity index (χ3n) is 6.08. The van der Waals surface area contributed by atoms with Gasteiger partial charge in [-0.2, -0.15) is 0 Å². The molecule has 32 heavy (non-hydrogen) atoms. The second kappa shape index (κ2) is 8.40. The van der Waals surface area contributed by atoms with Crippen LogP contribution in [0.1, 0.15) is 27.9 Å². The van der Waals surface area contributed by atoms with Gasteiger partial charge in [-0.05, 0) is 29.3 Å². The highest BCUT2D eigenvalue weighted by atomic mass is 35.5. The standard InChI is InChI=1S/C22H23ClN6O3/c23-18-2-1-3-19(24-18)27-10-8-26(9-11-27)13-15-4-5-17-16(12-15)14-29(21(17)31)28-7-6-20(30)25-22(28)32/h1-5,12H,6-11,13-14H2,(H,25,30,32). The molecule has 1 aromatic heterocycles. The maximum Gasteiger partial charge on any atom is 0.342 e. The van der Waals surface area contributed by atoms with E-state index in [1.165, 1.54) is 10.0 Å². The van der Waals surface area contributed by atoms with Crippen molar-refractivity contribution in [1.29, 1.82) is 0 Å². The highest BCUT2D eigenvalue weighted by molar-refractivity contribution is 6.29. The van der Waals surface area contributed by atoms with E-state index in [2.05, 4.69) is 20.1 Å². The van der Waals surface area contributed by atoms with Crippen LogP contribution in [0.2, 0.25) is 5.15 Å². The van der Waals surface area contributed by atoms with Crippen LogP contribution in [0.4, 0.5) is 10.6 Å². The Hall–Kier alpha value is -3.17. The van der Waals surface area contributed by atoms with Gasteiger partial charge in [0.25, 0.3) is 5.91 Å². The van der Waals surface area contributed by atoms with Crippen molar-refractivity contribution in [3.05, 3.63) is 58.2 Å². The Morgan fingerprint density at radius 2 is 1.78 bits per heavy atom. The Balaban J connectivity index is 1.21. The summed E-state index contributed by atoms with van der Waals surface area (Å²) in [6.45, 7) is 4.87. The molecule has 2 aromatic rings. The molecule has 3 aliphatic rings. The largest absolute Gasteiger partial charge is 0.354 e. The third-order valence-corrected chi connectivity index (χ3v) is 6.29. The lowest BCUT2D eigenvalue weighted by Gasteiger charge is -2.35. The summed E-state index contributed by atoms with van der Waals surface area (Å²) in [5.41, 5.74) is 2.64. The third kappa shape index (κ3) is 4.01. The number of anilines is 1. The molecule has 0 spiro atoms. The topological polar surface area (TPSA) is 89.1 Å². The van der Waals surface area contributed by atoms with E-state index in [-0.39, 0.29) is 24.8 Å². The molecule has 0 radical (unpaired) electrons. The number of fused-ring (bicyclic) bond motifs is 1. The van der Waals surface area contributed by atoms with Crippen LogP contribution in [0.25, 0.3) is 0 Å². The lowest BCUT2D eigenvalue weighted by molar-refractivity contribution is -0.123. The molecule has 4 heterocycles. The smallest absolute Gasteiger partial charge is 0.342 e. The summed E-state index contributed by atoms with van der Waals surface area (Å²) in [7, 11) is 0. The number of amides is 4. The van der Waals surface area contributed by atoms with Gasteiger partial charge in [0.05, 0.1) is 13.1 Å². The van der Waals surface area contributed by atoms with Crippen molar-refractivity contribution < 1.29 is 14.4 Å². The van der Waals surface area contributed by atoms with Crippen molar-refractivity contribution in [2.45, 2.75) is 19.5 Å². The van der Waals surface area contributed by atoms with Crippen LogP contribution in [-0.2, 0) is 17.9 Å². The highest BCUT2D eigenvalue weighted by Crippen LogP contribution is 2.27. The van der Waals surface area contributed by atoms with Crippen LogP contribution < -0.4 is 10.2 Å². The summed E-state index contributed by atoms with van der Waals surface area (Å²) in [5, 5.41) is 5.52. The summed E-state index contributed by atoms with van der Waals surface area (Å²) in [4.78, 5) is 45.4. The average Bonchev–Trinajstić information content (AvgIpc) is 3.10. The summed E-state index contributed by atoms with van der Waals surface area (Å²) in [6.07, 6.45) is 0.188. The number of hydrogen-bond donors (Lipinski definition) is 1. The molecule has 5 rings (SSSR count). The Morgan fingerprint density at radius 1 is 0.969 bits per heavy atom. The van der Waals surface area contributed by atoms with Gasteiger partial charge >= 0.3 is 6.03 Å². The van der Waals surface area contributed by atoms with Gasteiger partial charge in [0.1, 0.15) is 11.0 Å². The fourth-order valence-electron chi connectivity index (χ4n) is 4.40. The molecule has 2 fully saturated rings. The van der Waals surface area contributed by atoms with E-state index in [9.17, 15) is 14.4 Å². The molecule has 10 heteroatoms. The molecule has 4 amide bonds. The van der Waals surface area contributed by atoms with Gasteiger partial charge in [0, 0.05) is 44.7 Å². The normalized spacial score (nSPS) is 19.4. The number of aromatic nitrogens is 1. The minimum atomic E-state index is -0.547. The minimum absolute atomic E-state index is 0.188. The second-order valence-electron chi connectivity index (χ2n) is 8.16. The first-order valence-electron chi connectivity index (χ1n) is 10.6. The number of carbonyl (C=O) groups is 3. The number of hydrazine groups is 1. The number of pyridine rings is 1. The number of carbonyl (C=O) groups excluding carboxylic acids is 3. The van der Waals surface area contributed by atoms with Gasteiger partial charge in [0.15, 0.2) is 0 Å². The van der Waals surface area contributed by atoms with Crippen LogP contribution in [-0.4, -0.2) is 70.5 Å². The van der Waals surface area contributed by atoms with Crippen LogP contribution in [0.5, 0.6) is 0 Å². The molecule has 0 bridgehead atoms. The van der Waals surface area contributed by atoms with E-state index < -0.39 is 6.03 Å². The molecule has 0 unspecified atom stereocenters. The van der Waals surface area contributed by atoms with Gasteiger partial charge in [-0.25, -0.2) is 19.8 Å². The van der Waals surface area contributed by atoms with Crippen molar-refractivity contribution in [1.82, 2.24) is 25.2 Å². The Kier molecular flexibility index (Phi) is 5.44. The first-order chi connectivity index (χ1) is 15.5. The van der Waals surface area contributed by atoms with Gasteiger partial charge in [-0.1, -0.05) is 29.8 Å². The van der Waals surface area contributed by atoms with E-state index in [1.807, 2.05) is 30.3 Å². The molecule has 9 nitrogen and oxygen atoms in total. The van der Waals surface area contributed by atoms with E-state index in [1.54, 1.807) is 6.07 Å². The molecule has 1 N–H and O–H groups in total. The van der Waals surface area contributed by atoms with Crippen molar-refractivity contribution in [2.75, 3.05) is 37.6 Å². The van der Waals surface area contributed by atoms with Gasteiger partial charge in [-0.3, -0.25) is 19.8 Å². The quantitative estimate of drug-likeness (QED) is 0.709. The number of urea groups is 1. The summed E-state index contributed by atoms with van der Waals surface area (Å²) >= 11 is 6.02. The number of imide groups is 1. The van der Waals surface area contributed by atoms with E-state index in [0.717, 1.165) is 49.7 Å². The number of piperazine rings is 1. The van der Waals surface area contributed by atoms with Crippen LogP contribution in [0.15, 0.2) is 36.4 Å². The van der Waals surface area contributed by atoms with E-state index in [0.29, 0.717) is 17.3 Å². The molecule has 0 atom stereocenters. The molecule has 0 aliphatic carbocycles. The summed E-state index contributed by atoms with van der Waals surface area (Å²) in [5.74, 6) is 0.374. The Labute approximate surface area is 190 Å². The van der Waals surface area contributed by atoms with E-state index >= 15 is 0 Å². The number of rotatable bonds is 4. The lowest BCUT2D eigenvalue weighted by Crippen LogP contribution is -2.56. The zero-order chi connectivity index (χ0) is 22.2. The Bertz CT molecular complexity index is 1090. The summed E-state index contributed by atoms with van der Waals surface area (Å²) in [6, 6.07) is 11.0. The fourth-order valence-corrected chi connectivity index (χ4v) is 4.56. The number of nitrogens with zero attached hydrogens (tertiary/aromatic N) is 5. The minimum Gasteiger partial charge on any atom is -0.354 e. The zero-order valence-corrected chi connectivity index (χ0v) is 18.2. The fraction of sp³-hybridized carbons (Fsp3) is 0.364. The number of benzene rings is 1. The molecular weight excluding hydrogens is 432 g/mol. The maximum absolute atomic E-state index is 12.8. The molecule has 3 aliphatic heterocycles. The first-order valence-corrected chi connectivity index (χ1v) is 11.0. The molecule has 166 valence electrons. The van der Waals surface area contributed by atoms with Crippen molar-refractivity contribution in [3.8, 4) is 0 Å². The molecule has 1 aromatic carbocycles. The molecule has 2 saturated heterocycles. The lowest BCUT2D eigenvalue weighted by atomic mass is 10.1. The number of hydrogen-bond acceptors (Lipinski definition) is 6. The van der Waals surface area contributed by atoms with Gasteiger partial charge in [-0.15, -0.1) is 0 Å². The van der Waals surface area contributed by atoms with Gasteiger partial charge in [0.2, 0.25) is 5.91 Å². The highest BCUT2D eigenvalue weighted by Gasteiger charge is 2.36. The summed E-state index contributed by atoms with van der Waals surface area (Å²) < 4.78 is 0. The number of halogens is 1. The average molecular weight is 455 g/mol.